The van der Waals surface area contributed by atoms with Gasteiger partial charge in [0.05, 0.1) is 17.2 Å². The van der Waals surface area contributed by atoms with Crippen LogP contribution in [0.5, 0.6) is 0 Å². The van der Waals surface area contributed by atoms with Crippen molar-refractivity contribution in [2.24, 2.45) is 11.5 Å². The Labute approximate surface area is 190 Å². The van der Waals surface area contributed by atoms with Crippen LogP contribution in [-0.4, -0.2) is 38.5 Å². The molecule has 3 aromatic rings. The number of carbonyl (C=O) groups excluding carboxylic acids is 2. The van der Waals surface area contributed by atoms with E-state index in [2.05, 4.69) is 4.98 Å². The maximum atomic E-state index is 13.2. The molecule has 9 nitrogen and oxygen atoms in total. The van der Waals surface area contributed by atoms with Gasteiger partial charge in [-0.05, 0) is 48.6 Å². The van der Waals surface area contributed by atoms with Gasteiger partial charge in [0, 0.05) is 19.9 Å². The fourth-order valence-corrected chi connectivity index (χ4v) is 3.99. The Morgan fingerprint density at radius 3 is 2.39 bits per heavy atom. The van der Waals surface area contributed by atoms with Gasteiger partial charge in [0.2, 0.25) is 21.6 Å². The van der Waals surface area contributed by atoms with Crippen LogP contribution < -0.4 is 15.8 Å². The van der Waals surface area contributed by atoms with Crippen molar-refractivity contribution in [1.82, 2.24) is 4.98 Å². The third kappa shape index (κ3) is 5.67. The van der Waals surface area contributed by atoms with E-state index in [1.807, 2.05) is 0 Å². The molecular formula is C22H25FN4O5S. The van der Waals surface area contributed by atoms with Gasteiger partial charge in [-0.15, -0.1) is 0 Å². The van der Waals surface area contributed by atoms with Gasteiger partial charge in [-0.3, -0.25) is 13.9 Å². The summed E-state index contributed by atoms with van der Waals surface area (Å²) in [5.41, 5.74) is 12.3. The SMILES string of the molecule is CN(c1nc2oc(Cc3ccc(F)cc3)c(C(N)=O)c2cc1CCCCC(N)=O)S(C)(=O)=O. The predicted molar refractivity (Wildman–Crippen MR) is 122 cm³/mol. The van der Waals surface area contributed by atoms with Gasteiger partial charge >= 0.3 is 0 Å². The quantitative estimate of drug-likeness (QED) is 0.429. The maximum absolute atomic E-state index is 13.2. The summed E-state index contributed by atoms with van der Waals surface area (Å²) < 4.78 is 44.5. The molecule has 0 aliphatic heterocycles. The zero-order valence-electron chi connectivity index (χ0n) is 18.3. The standard InChI is InChI=1S/C22H25FN4O5S/c1-27(33(2,30)31)21-14(5-3-4-6-18(24)28)12-16-19(20(25)29)17(32-22(16)26-21)11-13-7-9-15(23)10-8-13/h7-10,12H,3-6,11H2,1-2H3,(H2,24,28)(H2,25,29). The average molecular weight is 477 g/mol. The smallest absolute Gasteiger partial charge is 0.252 e. The van der Waals surface area contributed by atoms with E-state index < -0.39 is 27.7 Å². The van der Waals surface area contributed by atoms with Crippen LogP contribution in [0.3, 0.4) is 0 Å². The highest BCUT2D eigenvalue weighted by atomic mass is 32.2. The number of rotatable bonds is 10. The number of fused-ring (bicyclic) bond motifs is 1. The van der Waals surface area contributed by atoms with Crippen LogP contribution in [-0.2, 0) is 27.7 Å². The van der Waals surface area contributed by atoms with Gasteiger partial charge < -0.3 is 15.9 Å². The Kier molecular flexibility index (Phi) is 7.01. The highest BCUT2D eigenvalue weighted by Gasteiger charge is 2.25. The van der Waals surface area contributed by atoms with Crippen LogP contribution in [0.1, 0.15) is 46.5 Å². The topological polar surface area (TPSA) is 150 Å². The number of hydrogen-bond donors (Lipinski definition) is 2. The normalized spacial score (nSPS) is 11.6. The highest BCUT2D eigenvalue weighted by molar-refractivity contribution is 7.92. The third-order valence-electron chi connectivity index (χ3n) is 5.25. The van der Waals surface area contributed by atoms with Crippen LogP contribution in [0.25, 0.3) is 11.1 Å². The van der Waals surface area contributed by atoms with Crippen molar-refractivity contribution in [2.75, 3.05) is 17.6 Å². The Hall–Kier alpha value is -3.47. The molecule has 0 radical (unpaired) electrons. The van der Waals surface area contributed by atoms with Gasteiger partial charge in [-0.2, -0.15) is 4.98 Å². The molecule has 0 saturated heterocycles. The van der Waals surface area contributed by atoms with Gasteiger partial charge in [0.25, 0.3) is 5.91 Å². The summed E-state index contributed by atoms with van der Waals surface area (Å²) in [6, 6.07) is 7.36. The van der Waals surface area contributed by atoms with Crippen LogP contribution >= 0.6 is 0 Å². The molecule has 33 heavy (non-hydrogen) atoms. The van der Waals surface area contributed by atoms with Crippen LogP contribution in [0.4, 0.5) is 10.2 Å². The molecule has 0 saturated carbocycles. The van der Waals surface area contributed by atoms with Crippen LogP contribution in [0.2, 0.25) is 0 Å². The molecule has 4 N–H and O–H groups in total. The van der Waals surface area contributed by atoms with Gasteiger partial charge in [0.1, 0.15) is 17.4 Å². The fourth-order valence-electron chi connectivity index (χ4n) is 3.51. The third-order valence-corrected chi connectivity index (χ3v) is 6.42. The molecule has 3 rings (SSSR count). The molecule has 11 heteroatoms. The zero-order chi connectivity index (χ0) is 24.3. The van der Waals surface area contributed by atoms with Crippen LogP contribution in [0.15, 0.2) is 34.7 Å². The second-order valence-electron chi connectivity index (χ2n) is 7.80. The van der Waals surface area contributed by atoms with Crippen molar-refractivity contribution >= 4 is 38.8 Å². The minimum absolute atomic E-state index is 0.0623. The first-order chi connectivity index (χ1) is 15.5. The number of nitrogens with zero attached hydrogens (tertiary/aromatic N) is 2. The summed E-state index contributed by atoms with van der Waals surface area (Å²) in [5.74, 6) is -1.14. The number of sulfonamides is 1. The summed E-state index contributed by atoms with van der Waals surface area (Å²) in [5, 5.41) is 0.357. The second-order valence-corrected chi connectivity index (χ2v) is 9.81. The van der Waals surface area contributed by atoms with Crippen molar-refractivity contribution in [3.63, 3.8) is 0 Å². The molecule has 1 aromatic carbocycles. The number of carbonyl (C=O) groups is 2. The molecular weight excluding hydrogens is 451 g/mol. The van der Waals surface area contributed by atoms with Crippen molar-refractivity contribution in [2.45, 2.75) is 32.1 Å². The van der Waals surface area contributed by atoms with E-state index in [0.717, 1.165) is 10.6 Å². The van der Waals surface area contributed by atoms with E-state index in [-0.39, 0.29) is 35.7 Å². The van der Waals surface area contributed by atoms with Crippen LogP contribution in [0, 0.1) is 5.82 Å². The monoisotopic (exact) mass is 476 g/mol. The highest BCUT2D eigenvalue weighted by Crippen LogP contribution is 2.32. The lowest BCUT2D eigenvalue weighted by Gasteiger charge is -2.19. The Bertz CT molecular complexity index is 1300. The summed E-state index contributed by atoms with van der Waals surface area (Å²) in [4.78, 5) is 27.7. The average Bonchev–Trinajstić information content (AvgIpc) is 3.07. The summed E-state index contributed by atoms with van der Waals surface area (Å²) in [6.07, 6.45) is 2.87. The van der Waals surface area contributed by atoms with E-state index >= 15 is 0 Å². The number of benzene rings is 1. The van der Waals surface area contributed by atoms with Gasteiger partial charge in [0.15, 0.2) is 0 Å². The molecule has 0 aliphatic carbocycles. The van der Waals surface area contributed by atoms with Crippen molar-refractivity contribution in [1.29, 1.82) is 0 Å². The molecule has 0 aliphatic rings. The molecule has 0 spiro atoms. The first-order valence-corrected chi connectivity index (χ1v) is 12.0. The number of pyridine rings is 1. The number of hydrogen-bond acceptors (Lipinski definition) is 6. The molecule has 2 amide bonds. The van der Waals surface area contributed by atoms with Crippen molar-refractivity contribution in [3.8, 4) is 0 Å². The van der Waals surface area contributed by atoms with Crippen molar-refractivity contribution in [3.05, 3.63) is 58.6 Å². The zero-order valence-corrected chi connectivity index (χ0v) is 19.1. The number of aryl methyl sites for hydroxylation is 1. The number of halogens is 1. The Balaban J connectivity index is 2.10. The summed E-state index contributed by atoms with van der Waals surface area (Å²) in [7, 11) is -2.27. The fraction of sp³-hybridized carbons (Fsp3) is 0.318. The molecule has 2 heterocycles. The molecule has 0 atom stereocenters. The number of amides is 2. The molecule has 176 valence electrons. The minimum atomic E-state index is -3.64. The number of nitrogens with two attached hydrogens (primary N) is 2. The first-order valence-electron chi connectivity index (χ1n) is 10.2. The summed E-state index contributed by atoms with van der Waals surface area (Å²) >= 11 is 0. The molecule has 2 aromatic heterocycles. The predicted octanol–water partition coefficient (Wildman–Crippen LogP) is 2.25. The van der Waals surface area contributed by atoms with E-state index in [9.17, 15) is 22.4 Å². The Morgan fingerprint density at radius 1 is 1.15 bits per heavy atom. The lowest BCUT2D eigenvalue weighted by molar-refractivity contribution is -0.118. The molecule has 0 bridgehead atoms. The van der Waals surface area contributed by atoms with E-state index in [0.29, 0.717) is 35.8 Å². The first kappa shape index (κ1) is 24.2. The Morgan fingerprint density at radius 2 is 1.82 bits per heavy atom. The van der Waals surface area contributed by atoms with E-state index in [1.54, 1.807) is 18.2 Å². The van der Waals surface area contributed by atoms with E-state index in [1.165, 1.54) is 19.2 Å². The number of furan rings is 1. The van der Waals surface area contributed by atoms with Gasteiger partial charge in [-0.1, -0.05) is 12.1 Å². The summed E-state index contributed by atoms with van der Waals surface area (Å²) in [6.45, 7) is 0. The number of anilines is 1. The number of aromatic nitrogens is 1. The number of unbranched alkanes of at least 4 members (excludes halogenated alkanes) is 1. The largest absolute Gasteiger partial charge is 0.441 e. The van der Waals surface area contributed by atoms with Gasteiger partial charge in [-0.25, -0.2) is 12.8 Å². The lowest BCUT2D eigenvalue weighted by Crippen LogP contribution is -2.27. The number of primary amides is 2. The lowest BCUT2D eigenvalue weighted by atomic mass is 10.0. The van der Waals surface area contributed by atoms with E-state index in [4.69, 9.17) is 15.9 Å². The van der Waals surface area contributed by atoms with Crippen molar-refractivity contribution < 1.29 is 26.8 Å². The molecule has 0 fully saturated rings. The second kappa shape index (κ2) is 9.57. The maximum Gasteiger partial charge on any atom is 0.252 e. The molecule has 0 unspecified atom stereocenters. The minimum Gasteiger partial charge on any atom is -0.441 e.